The molecular weight excluding hydrogens is 394 g/mol. The smallest absolute Gasteiger partial charge is 0.343 e. The fourth-order valence-electron chi connectivity index (χ4n) is 2.10. The second kappa shape index (κ2) is 8.11. The molecule has 0 saturated carbocycles. The van der Waals surface area contributed by atoms with Crippen molar-refractivity contribution in [1.29, 1.82) is 5.26 Å². The monoisotopic (exact) mass is 411 g/mol. The summed E-state index contributed by atoms with van der Waals surface area (Å²) < 4.78 is 6.20. The summed E-state index contributed by atoms with van der Waals surface area (Å²) in [7, 11) is 0. The van der Waals surface area contributed by atoms with Gasteiger partial charge in [0.15, 0.2) is 5.78 Å². The number of esters is 1. The minimum absolute atomic E-state index is 0.0945. The van der Waals surface area contributed by atoms with Crippen molar-refractivity contribution in [3.05, 3.63) is 69.7 Å². The zero-order chi connectivity index (χ0) is 19.3. The topological polar surface area (TPSA) is 67.2 Å². The molecular formula is C21H18BrNO3. The van der Waals surface area contributed by atoms with Crippen LogP contribution < -0.4 is 4.74 Å². The number of carbonyl (C=O) groups excluding carboxylic acids is 2. The Labute approximate surface area is 161 Å². The van der Waals surface area contributed by atoms with Crippen molar-refractivity contribution >= 4 is 33.8 Å². The van der Waals surface area contributed by atoms with Crippen LogP contribution in [0.4, 0.5) is 0 Å². The minimum atomic E-state index is -0.623. The number of halogens is 1. The summed E-state index contributed by atoms with van der Waals surface area (Å²) in [5.74, 6) is -0.289. The van der Waals surface area contributed by atoms with E-state index >= 15 is 0 Å². The number of benzene rings is 2. The average molecular weight is 412 g/mol. The van der Waals surface area contributed by atoms with Crippen LogP contribution in [0, 0.1) is 16.7 Å². The summed E-state index contributed by atoms with van der Waals surface area (Å²) in [4.78, 5) is 24.3. The van der Waals surface area contributed by atoms with Crippen LogP contribution in [0.15, 0.2) is 58.6 Å². The van der Waals surface area contributed by atoms with E-state index in [1.165, 1.54) is 6.08 Å². The molecule has 0 aliphatic rings. The van der Waals surface area contributed by atoms with Crippen molar-refractivity contribution in [3.8, 4) is 11.8 Å². The first-order valence-electron chi connectivity index (χ1n) is 7.95. The number of Topliss-reactive ketones (excluding diaryl/α,β-unsaturated/α-hetero) is 1. The summed E-state index contributed by atoms with van der Waals surface area (Å²) in [6.07, 6.45) is 1.54. The Balaban J connectivity index is 2.14. The van der Waals surface area contributed by atoms with Crippen LogP contribution in [0.25, 0.3) is 6.08 Å². The zero-order valence-electron chi connectivity index (χ0n) is 14.7. The van der Waals surface area contributed by atoms with E-state index in [0.717, 1.165) is 4.47 Å². The number of nitrogens with zero attached hydrogens (tertiary/aromatic N) is 1. The van der Waals surface area contributed by atoms with E-state index in [4.69, 9.17) is 4.74 Å². The highest BCUT2D eigenvalue weighted by Crippen LogP contribution is 2.22. The molecule has 5 heteroatoms. The molecule has 0 radical (unpaired) electrons. The second-order valence-corrected chi connectivity index (χ2v) is 7.63. The summed E-state index contributed by atoms with van der Waals surface area (Å²) in [5, 5.41) is 9.23. The number of nitriles is 1. The molecule has 26 heavy (non-hydrogen) atoms. The SMILES string of the molecule is CC(C)(C)C(=O)/C(C#N)=C/c1ccc(OC(=O)c2ccc(Br)cc2)cc1. The summed E-state index contributed by atoms with van der Waals surface area (Å²) in [6, 6.07) is 15.4. The van der Waals surface area contributed by atoms with Gasteiger partial charge >= 0.3 is 5.97 Å². The largest absolute Gasteiger partial charge is 0.423 e. The van der Waals surface area contributed by atoms with Gasteiger partial charge < -0.3 is 4.74 Å². The van der Waals surface area contributed by atoms with Gasteiger partial charge in [-0.3, -0.25) is 4.79 Å². The maximum Gasteiger partial charge on any atom is 0.343 e. The lowest BCUT2D eigenvalue weighted by atomic mass is 9.86. The van der Waals surface area contributed by atoms with Crippen LogP contribution in [0.1, 0.15) is 36.7 Å². The normalized spacial score (nSPS) is 11.6. The molecule has 0 N–H and O–H groups in total. The van der Waals surface area contributed by atoms with Gasteiger partial charge in [-0.1, -0.05) is 48.8 Å². The third-order valence-electron chi connectivity index (χ3n) is 3.53. The molecule has 0 unspecified atom stereocenters. The average Bonchev–Trinajstić information content (AvgIpc) is 2.60. The van der Waals surface area contributed by atoms with Gasteiger partial charge in [0, 0.05) is 9.89 Å². The fourth-order valence-corrected chi connectivity index (χ4v) is 2.37. The highest BCUT2D eigenvalue weighted by atomic mass is 79.9. The second-order valence-electron chi connectivity index (χ2n) is 6.71. The van der Waals surface area contributed by atoms with Gasteiger partial charge in [-0.2, -0.15) is 5.26 Å². The molecule has 0 aromatic heterocycles. The van der Waals surface area contributed by atoms with Crippen molar-refractivity contribution in [2.45, 2.75) is 20.8 Å². The van der Waals surface area contributed by atoms with Gasteiger partial charge in [-0.05, 0) is 48.0 Å². The maximum atomic E-state index is 12.2. The molecule has 0 saturated heterocycles. The third-order valence-corrected chi connectivity index (χ3v) is 4.06. The van der Waals surface area contributed by atoms with Crippen molar-refractivity contribution in [2.75, 3.05) is 0 Å². The minimum Gasteiger partial charge on any atom is -0.423 e. The predicted molar refractivity (Wildman–Crippen MR) is 104 cm³/mol. The van der Waals surface area contributed by atoms with E-state index < -0.39 is 11.4 Å². The fraction of sp³-hybridized carbons (Fsp3) is 0.190. The molecule has 0 atom stereocenters. The number of hydrogen-bond donors (Lipinski definition) is 0. The third kappa shape index (κ3) is 5.14. The van der Waals surface area contributed by atoms with E-state index in [2.05, 4.69) is 15.9 Å². The van der Waals surface area contributed by atoms with Gasteiger partial charge in [-0.25, -0.2) is 4.79 Å². The number of ether oxygens (including phenoxy) is 1. The first-order chi connectivity index (χ1) is 12.2. The highest BCUT2D eigenvalue weighted by molar-refractivity contribution is 9.10. The molecule has 0 heterocycles. The molecule has 2 aromatic carbocycles. The lowest BCUT2D eigenvalue weighted by Crippen LogP contribution is -2.21. The van der Waals surface area contributed by atoms with Crippen molar-refractivity contribution in [2.24, 2.45) is 5.41 Å². The summed E-state index contributed by atoms with van der Waals surface area (Å²) >= 11 is 3.31. The number of ketones is 1. The van der Waals surface area contributed by atoms with Crippen LogP contribution in [0.5, 0.6) is 5.75 Å². The van der Waals surface area contributed by atoms with Crippen LogP contribution in [-0.4, -0.2) is 11.8 Å². The molecule has 0 spiro atoms. The van der Waals surface area contributed by atoms with E-state index in [9.17, 15) is 14.9 Å². The predicted octanol–water partition coefficient (Wildman–Crippen LogP) is 5.19. The Hall–Kier alpha value is -2.71. The van der Waals surface area contributed by atoms with Gasteiger partial charge in [0.25, 0.3) is 0 Å². The Morgan fingerprint density at radius 3 is 2.12 bits per heavy atom. The standard InChI is InChI=1S/C21H18BrNO3/c1-21(2,3)19(24)16(13-23)12-14-4-10-18(11-5-14)26-20(25)15-6-8-17(22)9-7-15/h4-12H,1-3H3/b16-12+. The van der Waals surface area contributed by atoms with Crippen LogP contribution >= 0.6 is 15.9 Å². The Morgan fingerprint density at radius 2 is 1.62 bits per heavy atom. The summed E-state index contributed by atoms with van der Waals surface area (Å²) in [6.45, 7) is 5.31. The van der Waals surface area contributed by atoms with E-state index in [1.54, 1.807) is 69.3 Å². The zero-order valence-corrected chi connectivity index (χ0v) is 16.3. The van der Waals surface area contributed by atoms with Gasteiger partial charge in [-0.15, -0.1) is 0 Å². The van der Waals surface area contributed by atoms with E-state index in [-0.39, 0.29) is 11.4 Å². The molecule has 0 aliphatic carbocycles. The Morgan fingerprint density at radius 1 is 1.04 bits per heavy atom. The van der Waals surface area contributed by atoms with Crippen molar-refractivity contribution < 1.29 is 14.3 Å². The lowest BCUT2D eigenvalue weighted by molar-refractivity contribution is -0.121. The highest BCUT2D eigenvalue weighted by Gasteiger charge is 2.24. The first kappa shape index (κ1) is 19.6. The van der Waals surface area contributed by atoms with Gasteiger partial charge in [0.05, 0.1) is 11.1 Å². The number of allylic oxidation sites excluding steroid dienone is 1. The van der Waals surface area contributed by atoms with Crippen LogP contribution in [0.2, 0.25) is 0 Å². The quantitative estimate of drug-likeness (QED) is 0.300. The Bertz CT molecular complexity index is 883. The first-order valence-corrected chi connectivity index (χ1v) is 8.74. The van der Waals surface area contributed by atoms with Crippen molar-refractivity contribution in [3.63, 3.8) is 0 Å². The summed E-state index contributed by atoms with van der Waals surface area (Å²) in [5.41, 5.74) is 0.598. The molecule has 2 rings (SSSR count). The van der Waals surface area contributed by atoms with Crippen LogP contribution in [-0.2, 0) is 4.79 Å². The number of rotatable bonds is 4. The molecule has 4 nitrogen and oxygen atoms in total. The van der Waals surface area contributed by atoms with Crippen molar-refractivity contribution in [1.82, 2.24) is 0 Å². The molecule has 2 aromatic rings. The lowest BCUT2D eigenvalue weighted by Gasteiger charge is -2.15. The van der Waals surface area contributed by atoms with Gasteiger partial charge in [0.1, 0.15) is 11.8 Å². The van der Waals surface area contributed by atoms with E-state index in [1.807, 2.05) is 6.07 Å². The van der Waals surface area contributed by atoms with Gasteiger partial charge in [0.2, 0.25) is 0 Å². The van der Waals surface area contributed by atoms with E-state index in [0.29, 0.717) is 16.9 Å². The Kier molecular flexibility index (Phi) is 6.12. The molecule has 132 valence electrons. The molecule has 0 fully saturated rings. The maximum absolute atomic E-state index is 12.2. The molecule has 0 aliphatic heterocycles. The molecule has 0 amide bonds. The number of carbonyl (C=O) groups is 2. The molecule has 0 bridgehead atoms. The number of hydrogen-bond acceptors (Lipinski definition) is 4. The van der Waals surface area contributed by atoms with Crippen LogP contribution in [0.3, 0.4) is 0 Å².